The minimum atomic E-state index is 0.0278. The van der Waals surface area contributed by atoms with Gasteiger partial charge in [0, 0.05) is 43.0 Å². The maximum Gasteiger partial charge on any atom is 0.224 e. The van der Waals surface area contributed by atoms with Gasteiger partial charge in [0.2, 0.25) is 11.8 Å². The first-order valence-corrected chi connectivity index (χ1v) is 10.6. The van der Waals surface area contributed by atoms with E-state index < -0.39 is 0 Å². The summed E-state index contributed by atoms with van der Waals surface area (Å²) in [5.74, 6) is 1.63. The normalized spacial score (nSPS) is 22.8. The van der Waals surface area contributed by atoms with Crippen molar-refractivity contribution in [1.29, 1.82) is 0 Å². The number of pyridine rings is 1. The number of carbonyl (C=O) groups excluding carboxylic acids is 1. The predicted molar refractivity (Wildman–Crippen MR) is 114 cm³/mol. The van der Waals surface area contributed by atoms with E-state index in [1.807, 2.05) is 24.4 Å². The summed E-state index contributed by atoms with van der Waals surface area (Å²) in [7, 11) is 1.61. The van der Waals surface area contributed by atoms with Crippen LogP contribution in [0.3, 0.4) is 0 Å². The Labute approximate surface area is 177 Å². The van der Waals surface area contributed by atoms with Crippen molar-refractivity contribution in [3.63, 3.8) is 0 Å². The number of nitrogens with one attached hydrogen (secondary N) is 1. The highest BCUT2D eigenvalue weighted by molar-refractivity contribution is 5.79. The van der Waals surface area contributed by atoms with Gasteiger partial charge in [0.15, 0.2) is 0 Å². The van der Waals surface area contributed by atoms with E-state index >= 15 is 0 Å². The van der Waals surface area contributed by atoms with Gasteiger partial charge < -0.3 is 19.5 Å². The number of carbonyl (C=O) groups is 1. The van der Waals surface area contributed by atoms with Crippen molar-refractivity contribution >= 4 is 5.91 Å². The molecule has 30 heavy (non-hydrogen) atoms. The molecule has 2 bridgehead atoms. The molecule has 2 aliphatic heterocycles. The van der Waals surface area contributed by atoms with E-state index in [1.54, 1.807) is 7.11 Å². The summed E-state index contributed by atoms with van der Waals surface area (Å²) in [5.41, 5.74) is 3.22. The molecule has 1 amide bonds. The van der Waals surface area contributed by atoms with E-state index in [0.29, 0.717) is 32.2 Å². The maximum absolute atomic E-state index is 12.5. The van der Waals surface area contributed by atoms with Crippen molar-refractivity contribution in [3.8, 4) is 22.8 Å². The Bertz CT molecular complexity index is 856. The number of hydrogen-bond donors (Lipinski definition) is 1. The molecule has 3 heterocycles. The van der Waals surface area contributed by atoms with E-state index in [4.69, 9.17) is 14.2 Å². The topological polar surface area (TPSA) is 72.9 Å². The Balaban J connectivity index is 1.59. The van der Waals surface area contributed by atoms with Gasteiger partial charge in [-0.1, -0.05) is 6.07 Å². The predicted octanol–water partition coefficient (Wildman–Crippen LogP) is 2.49. The third-order valence-corrected chi connectivity index (χ3v) is 5.64. The standard InChI is InChI=1S/C23H29N3O4/c1-28-22-7-5-18(14-25-22)17-4-6-21-20(13-17)16-26-9-2-3-19(15-26)23(27)24-8-10-29-11-12-30-21/h4-7,13-14,19H,2-3,8-12,15-16H2,1H3,(H,24,27). The minimum absolute atomic E-state index is 0.0278. The second-order valence-electron chi connectivity index (χ2n) is 7.74. The average Bonchev–Trinajstić information content (AvgIpc) is 2.79. The van der Waals surface area contributed by atoms with E-state index in [2.05, 4.69) is 27.3 Å². The van der Waals surface area contributed by atoms with Crippen molar-refractivity contribution in [2.45, 2.75) is 19.4 Å². The van der Waals surface area contributed by atoms with Gasteiger partial charge in [-0.2, -0.15) is 0 Å². The summed E-state index contributed by atoms with van der Waals surface area (Å²) >= 11 is 0. The molecule has 160 valence electrons. The molecule has 1 saturated heterocycles. The first-order chi connectivity index (χ1) is 14.7. The minimum Gasteiger partial charge on any atom is -0.491 e. The van der Waals surface area contributed by atoms with Crippen LogP contribution in [-0.4, -0.2) is 62.4 Å². The Morgan fingerprint density at radius 2 is 2.07 bits per heavy atom. The molecule has 0 spiro atoms. The molecule has 1 aromatic carbocycles. The number of benzene rings is 1. The summed E-state index contributed by atoms with van der Waals surface area (Å²) in [4.78, 5) is 19.2. The van der Waals surface area contributed by atoms with Crippen LogP contribution in [0, 0.1) is 5.92 Å². The second-order valence-corrected chi connectivity index (χ2v) is 7.74. The molecule has 7 heteroatoms. The molecule has 2 aromatic rings. The highest BCUT2D eigenvalue weighted by Gasteiger charge is 2.26. The number of ether oxygens (including phenoxy) is 3. The summed E-state index contributed by atoms with van der Waals surface area (Å²) in [6.07, 6.45) is 3.77. The van der Waals surface area contributed by atoms with Crippen LogP contribution in [0.1, 0.15) is 18.4 Å². The monoisotopic (exact) mass is 411 g/mol. The van der Waals surface area contributed by atoms with Crippen LogP contribution in [0.2, 0.25) is 0 Å². The van der Waals surface area contributed by atoms with Crippen LogP contribution in [-0.2, 0) is 16.1 Å². The third-order valence-electron chi connectivity index (χ3n) is 5.64. The van der Waals surface area contributed by atoms with Crippen LogP contribution in [0.15, 0.2) is 36.5 Å². The fourth-order valence-electron chi connectivity index (χ4n) is 4.05. The molecule has 2 aliphatic rings. The highest BCUT2D eigenvalue weighted by Crippen LogP contribution is 2.29. The van der Waals surface area contributed by atoms with Crippen molar-refractivity contribution in [2.75, 3.05) is 46.6 Å². The number of methoxy groups -OCH3 is 1. The summed E-state index contributed by atoms with van der Waals surface area (Å²) < 4.78 is 16.8. The van der Waals surface area contributed by atoms with Gasteiger partial charge in [0.25, 0.3) is 0 Å². The molecule has 2 atom stereocenters. The molecule has 1 aromatic heterocycles. The lowest BCUT2D eigenvalue weighted by Crippen LogP contribution is -2.43. The molecule has 0 radical (unpaired) electrons. The van der Waals surface area contributed by atoms with Crippen LogP contribution in [0.5, 0.6) is 11.6 Å². The largest absolute Gasteiger partial charge is 0.491 e. The molecule has 1 fully saturated rings. The number of rotatable bonds is 2. The molecule has 2 unspecified atom stereocenters. The van der Waals surface area contributed by atoms with Gasteiger partial charge in [-0.15, -0.1) is 0 Å². The Hall–Kier alpha value is -2.64. The van der Waals surface area contributed by atoms with Crippen LogP contribution in [0.4, 0.5) is 0 Å². The molecule has 0 aliphatic carbocycles. The smallest absolute Gasteiger partial charge is 0.224 e. The summed E-state index contributed by atoms with van der Waals surface area (Å²) in [6, 6.07) is 10.1. The Morgan fingerprint density at radius 3 is 2.90 bits per heavy atom. The first kappa shape index (κ1) is 20.6. The average molecular weight is 412 g/mol. The lowest BCUT2D eigenvalue weighted by Gasteiger charge is -2.32. The summed E-state index contributed by atoms with van der Waals surface area (Å²) in [6.45, 7) is 4.52. The molecule has 1 N–H and O–H groups in total. The lowest BCUT2D eigenvalue weighted by atomic mass is 9.96. The highest BCUT2D eigenvalue weighted by atomic mass is 16.5. The Morgan fingerprint density at radius 1 is 1.17 bits per heavy atom. The SMILES string of the molecule is COc1ccc(-c2ccc3c(c2)CN2CCCC(C2)C(=O)NCCOCCO3)cn1. The van der Waals surface area contributed by atoms with Crippen molar-refractivity contribution in [1.82, 2.24) is 15.2 Å². The molecule has 0 saturated carbocycles. The van der Waals surface area contributed by atoms with Crippen molar-refractivity contribution in [2.24, 2.45) is 5.92 Å². The van der Waals surface area contributed by atoms with Gasteiger partial charge in [0.05, 0.1) is 26.2 Å². The molecular weight excluding hydrogens is 382 g/mol. The number of amides is 1. The van der Waals surface area contributed by atoms with Gasteiger partial charge >= 0.3 is 0 Å². The molecular formula is C23H29N3O4. The number of piperidine rings is 1. The number of nitrogens with zero attached hydrogens (tertiary/aromatic N) is 2. The fraction of sp³-hybridized carbons (Fsp3) is 0.478. The van der Waals surface area contributed by atoms with Gasteiger partial charge in [0.1, 0.15) is 12.4 Å². The summed E-state index contributed by atoms with van der Waals surface area (Å²) in [5, 5.41) is 3.00. The number of fused-ring (bicyclic) bond motifs is 3. The van der Waals surface area contributed by atoms with Crippen LogP contribution in [0.25, 0.3) is 11.1 Å². The maximum atomic E-state index is 12.5. The third kappa shape index (κ3) is 5.09. The van der Waals surface area contributed by atoms with Gasteiger partial charge in [-0.05, 0) is 43.1 Å². The van der Waals surface area contributed by atoms with E-state index in [1.165, 1.54) is 0 Å². The fourth-order valence-corrected chi connectivity index (χ4v) is 4.05. The molecule has 4 rings (SSSR count). The van der Waals surface area contributed by atoms with E-state index in [0.717, 1.165) is 54.9 Å². The second kappa shape index (κ2) is 9.91. The number of aromatic nitrogens is 1. The zero-order chi connectivity index (χ0) is 20.8. The van der Waals surface area contributed by atoms with Crippen molar-refractivity contribution in [3.05, 3.63) is 42.1 Å². The Kier molecular flexibility index (Phi) is 6.81. The van der Waals surface area contributed by atoms with Gasteiger partial charge in [-0.3, -0.25) is 9.69 Å². The van der Waals surface area contributed by atoms with Crippen LogP contribution >= 0.6 is 0 Å². The van der Waals surface area contributed by atoms with E-state index in [9.17, 15) is 4.79 Å². The van der Waals surface area contributed by atoms with Crippen LogP contribution < -0.4 is 14.8 Å². The van der Waals surface area contributed by atoms with Gasteiger partial charge in [-0.25, -0.2) is 4.98 Å². The molecule has 7 nitrogen and oxygen atoms in total. The zero-order valence-electron chi connectivity index (χ0n) is 17.4. The van der Waals surface area contributed by atoms with E-state index in [-0.39, 0.29) is 11.8 Å². The number of hydrogen-bond acceptors (Lipinski definition) is 6. The zero-order valence-corrected chi connectivity index (χ0v) is 17.4. The first-order valence-electron chi connectivity index (χ1n) is 10.6. The van der Waals surface area contributed by atoms with Crippen molar-refractivity contribution < 1.29 is 19.0 Å². The quantitative estimate of drug-likeness (QED) is 0.819. The lowest BCUT2D eigenvalue weighted by molar-refractivity contribution is -0.127.